The molecule has 0 atom stereocenters. The highest BCUT2D eigenvalue weighted by Crippen LogP contribution is 2.26. The van der Waals surface area contributed by atoms with Crippen molar-refractivity contribution >= 4 is 28.6 Å². The van der Waals surface area contributed by atoms with Crippen LogP contribution in [0.5, 0.6) is 0 Å². The molecule has 3 aromatic rings. The zero-order valence-corrected chi connectivity index (χ0v) is 12.6. The van der Waals surface area contributed by atoms with Crippen molar-refractivity contribution in [3.63, 3.8) is 0 Å². The molecule has 22 heavy (non-hydrogen) atoms. The molecule has 2 aromatic heterocycles. The Kier molecular flexibility index (Phi) is 3.40. The zero-order chi connectivity index (χ0) is 14.9. The SMILES string of the molecule is Clc1cnc(N2CCNCC2)nc1-c1nc2ccccc2[nH]1. The molecular weight excluding hydrogens is 300 g/mol. The van der Waals surface area contributed by atoms with Crippen LogP contribution in [0.1, 0.15) is 0 Å². The number of H-pyrrole nitrogens is 1. The minimum Gasteiger partial charge on any atom is -0.338 e. The van der Waals surface area contributed by atoms with Crippen LogP contribution in [-0.4, -0.2) is 46.1 Å². The maximum Gasteiger partial charge on any atom is 0.226 e. The Hall–Kier alpha value is -2.18. The van der Waals surface area contributed by atoms with Gasteiger partial charge in [0.15, 0.2) is 5.82 Å². The number of aromatic nitrogens is 4. The van der Waals surface area contributed by atoms with Crippen molar-refractivity contribution in [2.24, 2.45) is 0 Å². The number of rotatable bonds is 2. The van der Waals surface area contributed by atoms with Crippen LogP contribution in [-0.2, 0) is 0 Å². The highest BCUT2D eigenvalue weighted by atomic mass is 35.5. The number of aromatic amines is 1. The monoisotopic (exact) mass is 314 g/mol. The molecule has 0 saturated carbocycles. The summed E-state index contributed by atoms with van der Waals surface area (Å²) in [6.07, 6.45) is 1.65. The van der Waals surface area contributed by atoms with Gasteiger partial charge in [-0.2, -0.15) is 0 Å². The van der Waals surface area contributed by atoms with E-state index in [9.17, 15) is 0 Å². The minimum atomic E-state index is 0.498. The molecule has 112 valence electrons. The van der Waals surface area contributed by atoms with Gasteiger partial charge in [-0.1, -0.05) is 23.7 Å². The van der Waals surface area contributed by atoms with Crippen LogP contribution in [0.2, 0.25) is 5.02 Å². The second-order valence-corrected chi connectivity index (χ2v) is 5.61. The third-order valence-corrected chi connectivity index (χ3v) is 4.02. The summed E-state index contributed by atoms with van der Waals surface area (Å²) in [6, 6.07) is 7.87. The summed E-state index contributed by atoms with van der Waals surface area (Å²) in [7, 11) is 0. The van der Waals surface area contributed by atoms with E-state index < -0.39 is 0 Å². The molecule has 0 bridgehead atoms. The fourth-order valence-electron chi connectivity index (χ4n) is 2.61. The average Bonchev–Trinajstić information content (AvgIpc) is 3.00. The first-order chi connectivity index (χ1) is 10.8. The molecule has 1 aliphatic heterocycles. The van der Waals surface area contributed by atoms with Crippen molar-refractivity contribution in [1.82, 2.24) is 25.3 Å². The van der Waals surface area contributed by atoms with Gasteiger partial charge in [0.2, 0.25) is 5.95 Å². The molecule has 0 spiro atoms. The van der Waals surface area contributed by atoms with Crippen molar-refractivity contribution < 1.29 is 0 Å². The smallest absolute Gasteiger partial charge is 0.226 e. The minimum absolute atomic E-state index is 0.498. The van der Waals surface area contributed by atoms with Crippen LogP contribution >= 0.6 is 11.6 Å². The molecule has 1 aromatic carbocycles. The third kappa shape index (κ3) is 2.40. The van der Waals surface area contributed by atoms with Gasteiger partial charge in [0.05, 0.1) is 22.3 Å². The van der Waals surface area contributed by atoms with E-state index >= 15 is 0 Å². The number of piperazine rings is 1. The van der Waals surface area contributed by atoms with Gasteiger partial charge in [0.1, 0.15) is 5.69 Å². The van der Waals surface area contributed by atoms with E-state index in [0.717, 1.165) is 37.2 Å². The molecule has 0 unspecified atom stereocenters. The zero-order valence-electron chi connectivity index (χ0n) is 11.9. The summed E-state index contributed by atoms with van der Waals surface area (Å²) in [6.45, 7) is 3.65. The molecule has 7 heteroatoms. The van der Waals surface area contributed by atoms with Gasteiger partial charge in [0, 0.05) is 26.2 Å². The van der Waals surface area contributed by atoms with Crippen LogP contribution in [0.15, 0.2) is 30.5 Å². The van der Waals surface area contributed by atoms with Gasteiger partial charge >= 0.3 is 0 Å². The second kappa shape index (κ2) is 5.55. The largest absolute Gasteiger partial charge is 0.338 e. The number of benzene rings is 1. The lowest BCUT2D eigenvalue weighted by atomic mass is 10.3. The van der Waals surface area contributed by atoms with Crippen molar-refractivity contribution in [3.05, 3.63) is 35.5 Å². The number of hydrogen-bond donors (Lipinski definition) is 2. The number of nitrogens with one attached hydrogen (secondary N) is 2. The van der Waals surface area contributed by atoms with Crippen molar-refractivity contribution in [1.29, 1.82) is 0 Å². The topological polar surface area (TPSA) is 69.7 Å². The molecule has 4 rings (SSSR count). The fraction of sp³-hybridized carbons (Fsp3) is 0.267. The van der Waals surface area contributed by atoms with Gasteiger partial charge in [0.25, 0.3) is 0 Å². The van der Waals surface area contributed by atoms with Crippen LogP contribution in [0.3, 0.4) is 0 Å². The molecule has 1 saturated heterocycles. The van der Waals surface area contributed by atoms with E-state index in [4.69, 9.17) is 11.6 Å². The number of nitrogens with zero attached hydrogens (tertiary/aromatic N) is 4. The number of para-hydroxylation sites is 2. The molecular formula is C15H15ClN6. The summed E-state index contributed by atoms with van der Waals surface area (Å²) >= 11 is 6.28. The van der Waals surface area contributed by atoms with E-state index in [1.54, 1.807) is 6.20 Å². The lowest BCUT2D eigenvalue weighted by molar-refractivity contribution is 0.580. The molecule has 0 aliphatic carbocycles. The number of imidazole rings is 1. The molecule has 1 fully saturated rings. The summed E-state index contributed by atoms with van der Waals surface area (Å²) in [5, 5.41) is 3.82. The maximum absolute atomic E-state index is 6.28. The summed E-state index contributed by atoms with van der Waals surface area (Å²) in [4.78, 5) is 19.0. The lowest BCUT2D eigenvalue weighted by Gasteiger charge is -2.27. The molecule has 6 nitrogen and oxygen atoms in total. The molecule has 0 radical (unpaired) electrons. The van der Waals surface area contributed by atoms with Gasteiger partial charge in [-0.25, -0.2) is 15.0 Å². The van der Waals surface area contributed by atoms with E-state index in [1.807, 2.05) is 24.3 Å². The van der Waals surface area contributed by atoms with E-state index in [2.05, 4.69) is 30.2 Å². The number of halogens is 1. The third-order valence-electron chi connectivity index (χ3n) is 3.74. The highest BCUT2D eigenvalue weighted by molar-refractivity contribution is 6.32. The second-order valence-electron chi connectivity index (χ2n) is 5.21. The van der Waals surface area contributed by atoms with E-state index in [1.165, 1.54) is 0 Å². The standard InChI is InChI=1S/C15H15ClN6/c16-10-9-18-15(22-7-5-17-6-8-22)21-13(10)14-19-11-3-1-2-4-12(11)20-14/h1-4,9,17H,5-8H2,(H,19,20). The van der Waals surface area contributed by atoms with Crippen LogP contribution < -0.4 is 10.2 Å². The quantitative estimate of drug-likeness (QED) is 0.758. The molecule has 3 heterocycles. The van der Waals surface area contributed by atoms with Gasteiger partial charge < -0.3 is 15.2 Å². The Bertz CT molecular complexity index is 776. The summed E-state index contributed by atoms with van der Waals surface area (Å²) in [5.41, 5.74) is 2.51. The predicted octanol–water partition coefficient (Wildman–Crippen LogP) is 2.08. The predicted molar refractivity (Wildman–Crippen MR) is 87.2 cm³/mol. The molecule has 0 amide bonds. The number of hydrogen-bond acceptors (Lipinski definition) is 5. The van der Waals surface area contributed by atoms with Crippen molar-refractivity contribution in [3.8, 4) is 11.5 Å². The van der Waals surface area contributed by atoms with Crippen molar-refractivity contribution in [2.45, 2.75) is 0 Å². The van der Waals surface area contributed by atoms with Gasteiger partial charge in [-0.15, -0.1) is 0 Å². The first-order valence-electron chi connectivity index (χ1n) is 7.24. The Morgan fingerprint density at radius 1 is 1.09 bits per heavy atom. The molecule has 2 N–H and O–H groups in total. The Labute approximate surface area is 132 Å². The van der Waals surface area contributed by atoms with Crippen molar-refractivity contribution in [2.75, 3.05) is 31.1 Å². The first kappa shape index (κ1) is 13.5. The normalized spacial score (nSPS) is 15.4. The molecule has 1 aliphatic rings. The van der Waals surface area contributed by atoms with E-state index in [-0.39, 0.29) is 0 Å². The number of fused-ring (bicyclic) bond motifs is 1. The van der Waals surface area contributed by atoms with Crippen LogP contribution in [0, 0.1) is 0 Å². The van der Waals surface area contributed by atoms with Crippen LogP contribution in [0.25, 0.3) is 22.6 Å². The van der Waals surface area contributed by atoms with Gasteiger partial charge in [-0.3, -0.25) is 0 Å². The Morgan fingerprint density at radius 2 is 1.91 bits per heavy atom. The van der Waals surface area contributed by atoms with Gasteiger partial charge in [-0.05, 0) is 12.1 Å². The first-order valence-corrected chi connectivity index (χ1v) is 7.62. The van der Waals surface area contributed by atoms with Crippen LogP contribution in [0.4, 0.5) is 5.95 Å². The fourth-order valence-corrected chi connectivity index (χ4v) is 2.79. The number of anilines is 1. The summed E-state index contributed by atoms with van der Waals surface area (Å²) < 4.78 is 0. The summed E-state index contributed by atoms with van der Waals surface area (Å²) in [5.74, 6) is 1.37. The highest BCUT2D eigenvalue weighted by Gasteiger charge is 2.17. The maximum atomic E-state index is 6.28. The lowest BCUT2D eigenvalue weighted by Crippen LogP contribution is -2.44. The average molecular weight is 315 g/mol. The Balaban J connectivity index is 1.76. The Morgan fingerprint density at radius 3 is 2.73 bits per heavy atom. The van der Waals surface area contributed by atoms with E-state index in [0.29, 0.717) is 22.5 Å².